The van der Waals surface area contributed by atoms with E-state index in [0.29, 0.717) is 6.04 Å². The Labute approximate surface area is 136 Å². The monoisotopic (exact) mass is 313 g/mol. The molecule has 1 saturated heterocycles. The van der Waals surface area contributed by atoms with Gasteiger partial charge in [-0.15, -0.1) is 0 Å². The van der Waals surface area contributed by atoms with Gasteiger partial charge in [0.15, 0.2) is 0 Å². The summed E-state index contributed by atoms with van der Waals surface area (Å²) in [5.41, 5.74) is 1.08. The van der Waals surface area contributed by atoms with Gasteiger partial charge in [-0.3, -0.25) is 0 Å². The highest BCUT2D eigenvalue weighted by Crippen LogP contribution is 2.27. The van der Waals surface area contributed by atoms with Gasteiger partial charge in [-0.2, -0.15) is 0 Å². The van der Waals surface area contributed by atoms with Crippen LogP contribution in [0.2, 0.25) is 0 Å². The lowest BCUT2D eigenvalue weighted by Gasteiger charge is -2.18. The molecule has 1 N–H and O–H groups in total. The van der Waals surface area contributed by atoms with Crippen LogP contribution < -0.4 is 10.1 Å². The Morgan fingerprint density at radius 3 is 3.09 bits per heavy atom. The molecule has 0 aliphatic carbocycles. The predicted molar refractivity (Wildman–Crippen MR) is 90.3 cm³/mol. The minimum absolute atomic E-state index is 0.0228. The fourth-order valence-corrected chi connectivity index (χ4v) is 2.91. The average Bonchev–Trinajstić information content (AvgIpc) is 3.20. The van der Waals surface area contributed by atoms with E-state index in [1.54, 1.807) is 7.11 Å². The second-order valence-electron chi connectivity index (χ2n) is 5.64. The van der Waals surface area contributed by atoms with Gasteiger partial charge in [-0.1, -0.05) is 30.4 Å². The van der Waals surface area contributed by atoms with Gasteiger partial charge in [0.25, 0.3) is 0 Å². The van der Waals surface area contributed by atoms with E-state index in [-0.39, 0.29) is 6.10 Å². The van der Waals surface area contributed by atoms with Gasteiger partial charge in [-0.05, 0) is 12.5 Å². The maximum Gasteiger partial charge on any atom is 0.139 e. The van der Waals surface area contributed by atoms with E-state index >= 15 is 0 Å². The lowest BCUT2D eigenvalue weighted by Crippen LogP contribution is -2.32. The van der Waals surface area contributed by atoms with Crippen molar-refractivity contribution < 1.29 is 9.47 Å². The first-order chi connectivity index (χ1) is 11.3. The molecule has 5 nitrogen and oxygen atoms in total. The number of rotatable bonds is 6. The van der Waals surface area contributed by atoms with E-state index in [1.165, 1.54) is 0 Å². The second-order valence-corrected chi connectivity index (χ2v) is 5.64. The van der Waals surface area contributed by atoms with E-state index in [0.717, 1.165) is 36.7 Å². The largest absolute Gasteiger partial charge is 0.496 e. The first-order valence-corrected chi connectivity index (χ1v) is 7.91. The number of nitrogens with zero attached hydrogens (tertiary/aromatic N) is 2. The summed E-state index contributed by atoms with van der Waals surface area (Å²) in [6, 6.07) is 8.29. The predicted octanol–water partition coefficient (Wildman–Crippen LogP) is 2.56. The summed E-state index contributed by atoms with van der Waals surface area (Å²) in [4.78, 5) is 4.41. The molecule has 122 valence electrons. The van der Waals surface area contributed by atoms with Gasteiger partial charge in [0.1, 0.15) is 17.7 Å². The van der Waals surface area contributed by atoms with Crippen LogP contribution in [-0.2, 0) is 11.8 Å². The van der Waals surface area contributed by atoms with E-state index in [4.69, 9.17) is 9.47 Å². The molecule has 23 heavy (non-hydrogen) atoms. The molecule has 1 aliphatic rings. The summed E-state index contributed by atoms with van der Waals surface area (Å²) in [5, 5.41) is 3.55. The van der Waals surface area contributed by atoms with Crippen molar-refractivity contribution in [3.63, 3.8) is 0 Å². The van der Waals surface area contributed by atoms with Crippen LogP contribution >= 0.6 is 0 Å². The van der Waals surface area contributed by atoms with Crippen LogP contribution in [0.5, 0.6) is 5.75 Å². The number of benzene rings is 1. The van der Waals surface area contributed by atoms with Crippen molar-refractivity contribution in [1.29, 1.82) is 0 Å². The molecule has 5 heteroatoms. The molecule has 0 radical (unpaired) electrons. The molecule has 1 aliphatic heterocycles. The second kappa shape index (κ2) is 7.44. The molecule has 2 atom stereocenters. The van der Waals surface area contributed by atoms with Crippen molar-refractivity contribution >= 4 is 6.08 Å². The van der Waals surface area contributed by atoms with Gasteiger partial charge in [0.2, 0.25) is 0 Å². The Morgan fingerprint density at radius 2 is 2.30 bits per heavy atom. The molecule has 0 amide bonds. The van der Waals surface area contributed by atoms with E-state index in [2.05, 4.69) is 22.5 Å². The molecular weight excluding hydrogens is 290 g/mol. The molecule has 0 spiro atoms. The van der Waals surface area contributed by atoms with Crippen molar-refractivity contribution in [3.05, 3.63) is 54.1 Å². The topological polar surface area (TPSA) is 48.3 Å². The highest BCUT2D eigenvalue weighted by molar-refractivity contribution is 5.57. The third kappa shape index (κ3) is 3.63. The number of methoxy groups -OCH3 is 1. The molecule has 0 unspecified atom stereocenters. The van der Waals surface area contributed by atoms with Gasteiger partial charge in [-0.25, -0.2) is 4.98 Å². The van der Waals surface area contributed by atoms with Crippen LogP contribution in [0, 0.1) is 0 Å². The van der Waals surface area contributed by atoms with Crippen LogP contribution in [0.15, 0.2) is 42.7 Å². The minimum atomic E-state index is 0.0228. The van der Waals surface area contributed by atoms with E-state index < -0.39 is 0 Å². The number of nitrogens with one attached hydrogen (secondary N) is 1. The number of ether oxygens (including phenoxy) is 2. The highest BCUT2D eigenvalue weighted by atomic mass is 16.5. The van der Waals surface area contributed by atoms with Crippen molar-refractivity contribution in [2.75, 3.05) is 20.3 Å². The molecule has 0 saturated carbocycles. The summed E-state index contributed by atoms with van der Waals surface area (Å²) in [7, 11) is 3.70. The van der Waals surface area contributed by atoms with Gasteiger partial charge < -0.3 is 19.4 Å². The SMILES string of the molecule is COc1ccccc1/C=C/CN[C@H]1CCO[C@@H]1c1nccn1C. The molecule has 1 aromatic heterocycles. The standard InChI is InChI=1S/C18H23N3O2/c1-21-12-11-20-18(21)17-15(9-13-23-17)19-10-5-7-14-6-3-4-8-16(14)22-2/h3-8,11-12,15,17,19H,9-10,13H2,1-2H3/b7-5+/t15-,17-/m0/s1. The van der Waals surface area contributed by atoms with E-state index in [1.807, 2.05) is 48.3 Å². The molecule has 1 fully saturated rings. The molecule has 0 bridgehead atoms. The first-order valence-electron chi connectivity index (χ1n) is 7.91. The van der Waals surface area contributed by atoms with Crippen LogP contribution in [0.1, 0.15) is 23.9 Å². The quantitative estimate of drug-likeness (QED) is 0.890. The van der Waals surface area contributed by atoms with Crippen molar-refractivity contribution in [1.82, 2.24) is 14.9 Å². The third-order valence-electron chi connectivity index (χ3n) is 4.14. The zero-order valence-electron chi connectivity index (χ0n) is 13.6. The third-order valence-corrected chi connectivity index (χ3v) is 4.14. The fraction of sp³-hybridized carbons (Fsp3) is 0.389. The van der Waals surface area contributed by atoms with E-state index in [9.17, 15) is 0 Å². The average molecular weight is 313 g/mol. The fourth-order valence-electron chi connectivity index (χ4n) is 2.91. The Bertz CT molecular complexity index is 666. The van der Waals surface area contributed by atoms with Crippen molar-refractivity contribution in [2.24, 2.45) is 7.05 Å². The summed E-state index contributed by atoms with van der Waals surface area (Å²) < 4.78 is 13.2. The summed E-state index contributed by atoms with van der Waals surface area (Å²) in [6.45, 7) is 1.55. The Kier molecular flexibility index (Phi) is 5.10. The Hall–Kier alpha value is -2.11. The lowest BCUT2D eigenvalue weighted by atomic mass is 10.1. The smallest absolute Gasteiger partial charge is 0.139 e. The first kappa shape index (κ1) is 15.8. The maximum absolute atomic E-state index is 5.85. The number of aromatic nitrogens is 2. The number of imidazole rings is 1. The van der Waals surface area contributed by atoms with Gasteiger partial charge >= 0.3 is 0 Å². The number of hydrogen-bond acceptors (Lipinski definition) is 4. The molecule has 3 rings (SSSR count). The summed E-state index contributed by atoms with van der Waals surface area (Å²) in [5.74, 6) is 1.87. The summed E-state index contributed by atoms with van der Waals surface area (Å²) >= 11 is 0. The van der Waals surface area contributed by atoms with Gasteiger partial charge in [0, 0.05) is 44.2 Å². The maximum atomic E-state index is 5.85. The van der Waals surface area contributed by atoms with Gasteiger partial charge in [0.05, 0.1) is 7.11 Å². The van der Waals surface area contributed by atoms with Crippen LogP contribution in [0.4, 0.5) is 0 Å². The van der Waals surface area contributed by atoms with Crippen LogP contribution in [0.3, 0.4) is 0 Å². The molecule has 2 heterocycles. The van der Waals surface area contributed by atoms with Crippen molar-refractivity contribution in [2.45, 2.75) is 18.6 Å². The number of hydrogen-bond donors (Lipinski definition) is 1. The zero-order valence-corrected chi connectivity index (χ0v) is 13.6. The number of aryl methyl sites for hydroxylation is 1. The number of para-hydroxylation sites is 1. The minimum Gasteiger partial charge on any atom is -0.496 e. The summed E-state index contributed by atoms with van der Waals surface area (Å²) in [6.07, 6.45) is 8.99. The Balaban J connectivity index is 1.58. The molecule has 2 aromatic rings. The van der Waals surface area contributed by atoms with Crippen LogP contribution in [-0.4, -0.2) is 35.9 Å². The van der Waals surface area contributed by atoms with Crippen LogP contribution in [0.25, 0.3) is 6.08 Å². The highest BCUT2D eigenvalue weighted by Gasteiger charge is 2.31. The normalized spacial score (nSPS) is 21.1. The lowest BCUT2D eigenvalue weighted by molar-refractivity contribution is 0.0903. The Morgan fingerprint density at radius 1 is 1.43 bits per heavy atom. The zero-order chi connectivity index (χ0) is 16.1. The molecule has 1 aromatic carbocycles. The van der Waals surface area contributed by atoms with Crippen molar-refractivity contribution in [3.8, 4) is 5.75 Å². The molecular formula is C18H23N3O2.